The average molecular weight is 376 g/mol. The van der Waals surface area contributed by atoms with Gasteiger partial charge in [-0.15, -0.1) is 0 Å². The maximum absolute atomic E-state index is 5.80. The van der Waals surface area contributed by atoms with E-state index in [1.807, 2.05) is 0 Å². The number of hydrogen-bond acceptors (Lipinski definition) is 2. The van der Waals surface area contributed by atoms with Crippen molar-refractivity contribution in [1.29, 1.82) is 0 Å². The summed E-state index contributed by atoms with van der Waals surface area (Å²) in [6.07, 6.45) is 3.39. The lowest BCUT2D eigenvalue weighted by Crippen LogP contribution is -2.21. The van der Waals surface area contributed by atoms with Crippen LogP contribution in [0.4, 0.5) is 0 Å². The molecule has 0 radical (unpaired) electrons. The number of rotatable bonds is 2. The van der Waals surface area contributed by atoms with Crippen molar-refractivity contribution in [2.45, 2.75) is 24.1 Å². The maximum Gasteiger partial charge on any atom is 0.127 e. The van der Waals surface area contributed by atoms with Crippen molar-refractivity contribution in [1.82, 2.24) is 0 Å². The number of ether oxygens (including phenoxy) is 2. The van der Waals surface area contributed by atoms with Crippen LogP contribution in [0.3, 0.4) is 0 Å². The molecule has 4 heteroatoms. The summed E-state index contributed by atoms with van der Waals surface area (Å²) in [7, 11) is 0. The molecule has 2 aliphatic heterocycles. The molecule has 0 saturated carbocycles. The van der Waals surface area contributed by atoms with Crippen LogP contribution in [0.2, 0.25) is 0 Å². The first kappa shape index (κ1) is 12.9. The van der Waals surface area contributed by atoms with Gasteiger partial charge in [-0.2, -0.15) is 0 Å². The predicted molar refractivity (Wildman–Crippen MR) is 78.6 cm³/mol. The number of hydrogen-bond donors (Lipinski definition) is 0. The molecular formula is C14H16Br2O2. The third-order valence-corrected chi connectivity index (χ3v) is 5.38. The van der Waals surface area contributed by atoms with Gasteiger partial charge in [0, 0.05) is 27.9 Å². The van der Waals surface area contributed by atoms with Crippen LogP contribution < -0.4 is 4.74 Å². The van der Waals surface area contributed by atoms with Crippen LogP contribution in [0.1, 0.15) is 28.8 Å². The van der Waals surface area contributed by atoms with Crippen molar-refractivity contribution in [3.8, 4) is 5.75 Å². The summed E-state index contributed by atoms with van der Waals surface area (Å²) in [5, 5.41) is 0. The van der Waals surface area contributed by atoms with Gasteiger partial charge in [-0.25, -0.2) is 0 Å². The molecule has 98 valence electrons. The largest absolute Gasteiger partial charge is 0.493 e. The molecule has 0 bridgehead atoms. The fraction of sp³-hybridized carbons (Fsp3) is 0.571. The highest BCUT2D eigenvalue weighted by molar-refractivity contribution is 9.10. The van der Waals surface area contributed by atoms with Crippen molar-refractivity contribution in [2.24, 2.45) is 5.92 Å². The molecule has 18 heavy (non-hydrogen) atoms. The normalized spacial score (nSPS) is 24.4. The molecule has 0 N–H and O–H groups in total. The van der Waals surface area contributed by atoms with E-state index in [9.17, 15) is 0 Å². The average Bonchev–Trinajstić information content (AvgIpc) is 2.86. The van der Waals surface area contributed by atoms with Crippen molar-refractivity contribution < 1.29 is 9.47 Å². The Bertz CT molecular complexity index is 442. The van der Waals surface area contributed by atoms with Crippen LogP contribution >= 0.6 is 31.9 Å². The van der Waals surface area contributed by atoms with E-state index in [4.69, 9.17) is 9.47 Å². The zero-order valence-electron chi connectivity index (χ0n) is 10.1. The Morgan fingerprint density at radius 2 is 2.17 bits per heavy atom. The lowest BCUT2D eigenvalue weighted by molar-refractivity contribution is 0.0544. The molecule has 2 heterocycles. The monoisotopic (exact) mass is 374 g/mol. The van der Waals surface area contributed by atoms with E-state index < -0.39 is 0 Å². The van der Waals surface area contributed by atoms with Crippen molar-refractivity contribution in [3.63, 3.8) is 0 Å². The summed E-state index contributed by atoms with van der Waals surface area (Å²) in [6, 6.07) is 4.35. The Balaban J connectivity index is 1.91. The zero-order chi connectivity index (χ0) is 12.5. The van der Waals surface area contributed by atoms with E-state index >= 15 is 0 Å². The van der Waals surface area contributed by atoms with Gasteiger partial charge in [0.25, 0.3) is 0 Å². The summed E-state index contributed by atoms with van der Waals surface area (Å²) in [6.45, 7) is 2.56. The molecule has 1 fully saturated rings. The number of halogens is 2. The first-order valence-electron chi connectivity index (χ1n) is 6.42. The predicted octanol–water partition coefficient (Wildman–Crippen LogP) is 4.25. The van der Waals surface area contributed by atoms with Crippen molar-refractivity contribution in [2.75, 3.05) is 19.8 Å². The van der Waals surface area contributed by atoms with E-state index in [0.717, 1.165) is 42.9 Å². The van der Waals surface area contributed by atoms with E-state index in [-0.39, 0.29) is 0 Å². The standard InChI is InChI=1S/C14H16Br2O2/c15-11-6-9-3-5-18-14(9)12(7-11)13(16)10-2-1-4-17-8-10/h6-7,10,13H,1-5,8H2. The molecule has 3 rings (SSSR count). The Morgan fingerprint density at radius 1 is 1.28 bits per heavy atom. The van der Waals surface area contributed by atoms with Gasteiger partial charge in [0.05, 0.1) is 13.2 Å². The summed E-state index contributed by atoms with van der Waals surface area (Å²) in [5.41, 5.74) is 2.59. The molecule has 0 amide bonds. The minimum absolute atomic E-state index is 0.321. The smallest absolute Gasteiger partial charge is 0.127 e. The third kappa shape index (κ3) is 2.47. The van der Waals surface area contributed by atoms with Gasteiger partial charge in [0.15, 0.2) is 0 Å². The Hall–Kier alpha value is -0.0600. The van der Waals surface area contributed by atoms with Gasteiger partial charge >= 0.3 is 0 Å². The topological polar surface area (TPSA) is 18.5 Å². The molecule has 0 aromatic heterocycles. The fourth-order valence-electron chi connectivity index (χ4n) is 2.75. The number of alkyl halides is 1. The molecule has 2 aliphatic rings. The summed E-state index contributed by atoms with van der Waals surface area (Å²) < 4.78 is 12.5. The quantitative estimate of drug-likeness (QED) is 0.719. The van der Waals surface area contributed by atoms with Crippen molar-refractivity contribution in [3.05, 3.63) is 27.7 Å². The molecule has 0 spiro atoms. The number of benzene rings is 1. The molecular weight excluding hydrogens is 360 g/mol. The summed E-state index contributed by atoms with van der Waals surface area (Å²) in [4.78, 5) is 0.321. The van der Waals surface area contributed by atoms with E-state index in [2.05, 4.69) is 44.0 Å². The van der Waals surface area contributed by atoms with Crippen molar-refractivity contribution >= 4 is 31.9 Å². The van der Waals surface area contributed by atoms with Crippen LogP contribution in [0.5, 0.6) is 5.75 Å². The number of fused-ring (bicyclic) bond motifs is 1. The van der Waals surface area contributed by atoms with Gasteiger partial charge in [0.1, 0.15) is 5.75 Å². The van der Waals surface area contributed by atoms with Crippen LogP contribution in [0, 0.1) is 5.92 Å². The second-order valence-corrected chi connectivity index (χ2v) is 6.86. The SMILES string of the molecule is Brc1cc2c(c(C(Br)C3CCCOC3)c1)OCC2. The molecule has 2 atom stereocenters. The Labute approximate surface area is 124 Å². The zero-order valence-corrected chi connectivity index (χ0v) is 13.3. The first-order valence-corrected chi connectivity index (χ1v) is 8.13. The second kappa shape index (κ2) is 5.51. The highest BCUT2D eigenvalue weighted by Crippen LogP contribution is 2.44. The summed E-state index contributed by atoms with van der Waals surface area (Å²) >= 11 is 7.45. The molecule has 1 saturated heterocycles. The van der Waals surface area contributed by atoms with Gasteiger partial charge in [-0.3, -0.25) is 0 Å². The fourth-order valence-corrected chi connectivity index (χ4v) is 4.03. The van der Waals surface area contributed by atoms with E-state index in [0.29, 0.717) is 10.7 Å². The molecule has 0 aliphatic carbocycles. The van der Waals surface area contributed by atoms with Gasteiger partial charge in [-0.05, 0) is 36.5 Å². The lowest BCUT2D eigenvalue weighted by atomic mass is 9.92. The maximum atomic E-state index is 5.80. The molecule has 1 aromatic carbocycles. The minimum Gasteiger partial charge on any atom is -0.493 e. The van der Waals surface area contributed by atoms with Crippen LogP contribution in [-0.2, 0) is 11.2 Å². The lowest BCUT2D eigenvalue weighted by Gasteiger charge is -2.27. The van der Waals surface area contributed by atoms with E-state index in [1.165, 1.54) is 17.5 Å². The summed E-state index contributed by atoms with van der Waals surface area (Å²) in [5.74, 6) is 1.63. The van der Waals surface area contributed by atoms with Crippen LogP contribution in [-0.4, -0.2) is 19.8 Å². The highest BCUT2D eigenvalue weighted by atomic mass is 79.9. The molecule has 1 aromatic rings. The minimum atomic E-state index is 0.321. The first-order chi connectivity index (χ1) is 8.75. The third-order valence-electron chi connectivity index (χ3n) is 3.68. The second-order valence-electron chi connectivity index (χ2n) is 4.96. The molecule has 2 nitrogen and oxygen atoms in total. The molecule has 2 unspecified atom stereocenters. The van der Waals surface area contributed by atoms with Gasteiger partial charge < -0.3 is 9.47 Å². The Morgan fingerprint density at radius 3 is 2.94 bits per heavy atom. The van der Waals surface area contributed by atoms with Gasteiger partial charge in [-0.1, -0.05) is 31.9 Å². The van der Waals surface area contributed by atoms with E-state index in [1.54, 1.807) is 0 Å². The van der Waals surface area contributed by atoms with Crippen LogP contribution in [0.25, 0.3) is 0 Å². The van der Waals surface area contributed by atoms with Crippen LogP contribution in [0.15, 0.2) is 16.6 Å². The van der Waals surface area contributed by atoms with Gasteiger partial charge in [0.2, 0.25) is 0 Å². The Kier molecular flexibility index (Phi) is 3.97. The highest BCUT2D eigenvalue weighted by Gasteiger charge is 2.28.